The van der Waals surface area contributed by atoms with E-state index in [0.717, 1.165) is 5.56 Å². The number of hydrogen-bond acceptors (Lipinski definition) is 2. The maximum Gasteiger partial charge on any atom is 0.236 e. The number of nitrogens with one attached hydrogen (secondary N) is 2. The summed E-state index contributed by atoms with van der Waals surface area (Å²) >= 11 is 0. The van der Waals surface area contributed by atoms with E-state index in [1.54, 1.807) is 12.1 Å². The van der Waals surface area contributed by atoms with E-state index >= 15 is 0 Å². The van der Waals surface area contributed by atoms with E-state index in [1.807, 2.05) is 20.8 Å². The van der Waals surface area contributed by atoms with Crippen LogP contribution >= 0.6 is 0 Å². The Hall–Kier alpha value is -1.42. The summed E-state index contributed by atoms with van der Waals surface area (Å²) in [6.07, 6.45) is 0. The molecule has 0 bridgehead atoms. The van der Waals surface area contributed by atoms with Gasteiger partial charge in [-0.3, -0.25) is 10.1 Å². The zero-order chi connectivity index (χ0) is 12.8. The highest BCUT2D eigenvalue weighted by atomic mass is 19.1. The highest BCUT2D eigenvalue weighted by Gasteiger charge is 2.15. The van der Waals surface area contributed by atoms with Gasteiger partial charge in [0.05, 0.1) is 6.04 Å². The average molecular weight is 238 g/mol. The van der Waals surface area contributed by atoms with Crippen molar-refractivity contribution in [3.05, 3.63) is 35.6 Å². The van der Waals surface area contributed by atoms with Gasteiger partial charge < -0.3 is 5.32 Å². The van der Waals surface area contributed by atoms with Crippen LogP contribution in [0.5, 0.6) is 0 Å². The van der Waals surface area contributed by atoms with Gasteiger partial charge in [-0.05, 0) is 38.5 Å². The molecule has 1 aromatic carbocycles. The van der Waals surface area contributed by atoms with Crippen molar-refractivity contribution >= 4 is 5.91 Å². The summed E-state index contributed by atoms with van der Waals surface area (Å²) in [5.41, 5.74) is 0.961. The van der Waals surface area contributed by atoms with Gasteiger partial charge in [0.25, 0.3) is 0 Å². The first-order valence-electron chi connectivity index (χ1n) is 5.83. The smallest absolute Gasteiger partial charge is 0.236 e. The summed E-state index contributed by atoms with van der Waals surface area (Å²) in [4.78, 5) is 11.5. The zero-order valence-electron chi connectivity index (χ0n) is 10.5. The lowest BCUT2D eigenvalue weighted by atomic mass is 10.1. The Labute approximate surface area is 101 Å². The van der Waals surface area contributed by atoms with Gasteiger partial charge in [0.2, 0.25) is 5.91 Å². The predicted molar refractivity (Wildman–Crippen MR) is 66.1 cm³/mol. The number of amides is 1. The summed E-state index contributed by atoms with van der Waals surface area (Å²) in [7, 11) is 0. The highest BCUT2D eigenvalue weighted by Crippen LogP contribution is 2.13. The van der Waals surface area contributed by atoms with Crippen molar-refractivity contribution in [3.63, 3.8) is 0 Å². The Morgan fingerprint density at radius 3 is 2.41 bits per heavy atom. The third-order valence-electron chi connectivity index (χ3n) is 2.61. The Kier molecular flexibility index (Phi) is 5.10. The van der Waals surface area contributed by atoms with Gasteiger partial charge in [0, 0.05) is 12.6 Å². The molecule has 17 heavy (non-hydrogen) atoms. The first kappa shape index (κ1) is 13.6. The number of carbonyl (C=O) groups is 1. The lowest BCUT2D eigenvalue weighted by molar-refractivity contribution is -0.122. The van der Waals surface area contributed by atoms with Gasteiger partial charge in [0.1, 0.15) is 5.82 Å². The van der Waals surface area contributed by atoms with E-state index in [-0.39, 0.29) is 23.8 Å². The number of hydrogen-bond donors (Lipinski definition) is 2. The molecule has 2 N–H and O–H groups in total. The average Bonchev–Trinajstić information content (AvgIpc) is 2.30. The van der Waals surface area contributed by atoms with Gasteiger partial charge in [0.15, 0.2) is 0 Å². The van der Waals surface area contributed by atoms with Crippen molar-refractivity contribution in [1.29, 1.82) is 0 Å². The van der Waals surface area contributed by atoms with Crippen LogP contribution in [0.4, 0.5) is 4.39 Å². The van der Waals surface area contributed by atoms with E-state index < -0.39 is 0 Å². The number of rotatable bonds is 5. The van der Waals surface area contributed by atoms with E-state index in [9.17, 15) is 9.18 Å². The van der Waals surface area contributed by atoms with Crippen LogP contribution in [0.25, 0.3) is 0 Å². The van der Waals surface area contributed by atoms with E-state index in [2.05, 4.69) is 10.6 Å². The molecule has 0 aromatic heterocycles. The normalized spacial score (nSPS) is 14.1. The first-order chi connectivity index (χ1) is 8.04. The summed E-state index contributed by atoms with van der Waals surface area (Å²) in [5.74, 6) is -0.279. The molecule has 1 aromatic rings. The molecule has 4 heteroatoms. The standard InChI is InChI=1S/C13H19FN2O/c1-4-15-13(17)10(3)16-9(2)11-5-7-12(14)8-6-11/h5-10,16H,4H2,1-3H3,(H,15,17)/t9-,10?/m1/s1. The van der Waals surface area contributed by atoms with Crippen molar-refractivity contribution in [2.75, 3.05) is 6.54 Å². The Morgan fingerprint density at radius 1 is 1.29 bits per heavy atom. The number of carbonyl (C=O) groups excluding carboxylic acids is 1. The minimum absolute atomic E-state index is 0.00760. The lowest BCUT2D eigenvalue weighted by Gasteiger charge is -2.19. The largest absolute Gasteiger partial charge is 0.355 e. The van der Waals surface area contributed by atoms with E-state index in [4.69, 9.17) is 0 Å². The monoisotopic (exact) mass is 238 g/mol. The Morgan fingerprint density at radius 2 is 1.88 bits per heavy atom. The molecule has 1 amide bonds. The fraction of sp³-hybridized carbons (Fsp3) is 0.462. The number of benzene rings is 1. The van der Waals surface area contributed by atoms with Gasteiger partial charge in [-0.1, -0.05) is 12.1 Å². The molecule has 0 aliphatic heterocycles. The van der Waals surface area contributed by atoms with Crippen LogP contribution in [0.15, 0.2) is 24.3 Å². The van der Waals surface area contributed by atoms with Gasteiger partial charge in [-0.2, -0.15) is 0 Å². The van der Waals surface area contributed by atoms with Crippen LogP contribution in [0.2, 0.25) is 0 Å². The van der Waals surface area contributed by atoms with Crippen LogP contribution < -0.4 is 10.6 Å². The van der Waals surface area contributed by atoms with Crippen molar-refractivity contribution in [3.8, 4) is 0 Å². The van der Waals surface area contributed by atoms with Crippen LogP contribution in [-0.2, 0) is 4.79 Å². The third-order valence-corrected chi connectivity index (χ3v) is 2.61. The highest BCUT2D eigenvalue weighted by molar-refractivity contribution is 5.81. The van der Waals surface area contributed by atoms with Crippen LogP contribution in [0.1, 0.15) is 32.4 Å². The zero-order valence-corrected chi connectivity index (χ0v) is 10.5. The third kappa shape index (κ3) is 4.15. The fourth-order valence-electron chi connectivity index (χ4n) is 1.63. The Bertz CT molecular complexity index is 364. The van der Waals surface area contributed by atoms with Crippen LogP contribution in [0.3, 0.4) is 0 Å². The number of halogens is 1. The second-order valence-corrected chi connectivity index (χ2v) is 4.06. The topological polar surface area (TPSA) is 41.1 Å². The van der Waals surface area contributed by atoms with E-state index in [0.29, 0.717) is 6.54 Å². The molecular formula is C13H19FN2O. The molecule has 0 heterocycles. The summed E-state index contributed by atoms with van der Waals surface area (Å²) in [6, 6.07) is 6.02. The SMILES string of the molecule is CCNC(=O)C(C)N[C@H](C)c1ccc(F)cc1. The molecule has 0 aliphatic rings. The summed E-state index contributed by atoms with van der Waals surface area (Å²) < 4.78 is 12.8. The molecule has 0 saturated heterocycles. The predicted octanol–water partition coefficient (Wildman–Crippen LogP) is 2.00. The van der Waals surface area contributed by atoms with Crippen molar-refractivity contribution < 1.29 is 9.18 Å². The van der Waals surface area contributed by atoms with Crippen LogP contribution in [-0.4, -0.2) is 18.5 Å². The second-order valence-electron chi connectivity index (χ2n) is 4.06. The first-order valence-corrected chi connectivity index (χ1v) is 5.83. The quantitative estimate of drug-likeness (QED) is 0.823. The van der Waals surface area contributed by atoms with Crippen molar-refractivity contribution in [2.45, 2.75) is 32.9 Å². The van der Waals surface area contributed by atoms with Crippen molar-refractivity contribution in [1.82, 2.24) is 10.6 Å². The van der Waals surface area contributed by atoms with Gasteiger partial charge >= 0.3 is 0 Å². The van der Waals surface area contributed by atoms with Gasteiger partial charge in [-0.15, -0.1) is 0 Å². The van der Waals surface area contributed by atoms with Crippen molar-refractivity contribution in [2.24, 2.45) is 0 Å². The molecule has 2 atom stereocenters. The van der Waals surface area contributed by atoms with Gasteiger partial charge in [-0.25, -0.2) is 4.39 Å². The molecule has 0 saturated carbocycles. The maximum absolute atomic E-state index is 12.8. The summed E-state index contributed by atoms with van der Waals surface area (Å²) in [5, 5.41) is 5.92. The Balaban J connectivity index is 2.56. The summed E-state index contributed by atoms with van der Waals surface area (Å²) in [6.45, 7) is 6.26. The second kappa shape index (κ2) is 6.35. The molecule has 94 valence electrons. The number of likely N-dealkylation sites (N-methyl/N-ethyl adjacent to an activating group) is 1. The lowest BCUT2D eigenvalue weighted by Crippen LogP contribution is -2.43. The fourth-order valence-corrected chi connectivity index (χ4v) is 1.63. The molecule has 0 fully saturated rings. The molecule has 0 aliphatic carbocycles. The molecular weight excluding hydrogens is 219 g/mol. The molecule has 0 radical (unpaired) electrons. The maximum atomic E-state index is 12.8. The van der Waals surface area contributed by atoms with E-state index in [1.165, 1.54) is 12.1 Å². The molecule has 3 nitrogen and oxygen atoms in total. The van der Waals surface area contributed by atoms with Crippen LogP contribution in [0, 0.1) is 5.82 Å². The minimum Gasteiger partial charge on any atom is -0.355 e. The molecule has 0 spiro atoms. The molecule has 1 unspecified atom stereocenters. The molecule has 1 rings (SSSR count). The minimum atomic E-state index is -0.269.